The SMILES string of the molecule is O=C(NNC(=O)c1cccc2c(Br)cccc12)c1ccncc1. The summed E-state index contributed by atoms with van der Waals surface area (Å²) >= 11 is 3.47. The van der Waals surface area contributed by atoms with Crippen molar-refractivity contribution >= 4 is 38.5 Å². The quantitative estimate of drug-likeness (QED) is 0.681. The van der Waals surface area contributed by atoms with Gasteiger partial charge in [0.25, 0.3) is 11.8 Å². The Morgan fingerprint density at radius 1 is 0.826 bits per heavy atom. The van der Waals surface area contributed by atoms with Crippen molar-refractivity contribution in [1.29, 1.82) is 0 Å². The van der Waals surface area contributed by atoms with Gasteiger partial charge in [0.15, 0.2) is 0 Å². The summed E-state index contributed by atoms with van der Waals surface area (Å²) in [6.07, 6.45) is 3.03. The van der Waals surface area contributed by atoms with Gasteiger partial charge in [-0.25, -0.2) is 0 Å². The molecule has 0 atom stereocenters. The summed E-state index contributed by atoms with van der Waals surface area (Å²) in [6, 6.07) is 14.2. The summed E-state index contributed by atoms with van der Waals surface area (Å²) in [4.78, 5) is 28.1. The number of pyridine rings is 1. The average Bonchev–Trinajstić information content (AvgIpc) is 2.60. The monoisotopic (exact) mass is 369 g/mol. The number of hydrazine groups is 1. The van der Waals surface area contributed by atoms with Gasteiger partial charge in [0, 0.05) is 28.0 Å². The van der Waals surface area contributed by atoms with E-state index in [4.69, 9.17) is 0 Å². The number of aromatic nitrogens is 1. The van der Waals surface area contributed by atoms with Crippen LogP contribution in [0, 0.1) is 0 Å². The summed E-state index contributed by atoms with van der Waals surface area (Å²) in [6.45, 7) is 0. The minimum atomic E-state index is -0.401. The molecule has 3 aromatic rings. The Balaban J connectivity index is 1.79. The van der Waals surface area contributed by atoms with Crippen LogP contribution < -0.4 is 10.9 Å². The Kier molecular flexibility index (Phi) is 4.34. The summed E-state index contributed by atoms with van der Waals surface area (Å²) in [5.74, 6) is -0.779. The molecule has 2 N–H and O–H groups in total. The van der Waals surface area contributed by atoms with Crippen LogP contribution in [0.25, 0.3) is 10.8 Å². The molecule has 1 aromatic heterocycles. The fourth-order valence-electron chi connectivity index (χ4n) is 2.23. The Morgan fingerprint density at radius 3 is 2.26 bits per heavy atom. The average molecular weight is 370 g/mol. The van der Waals surface area contributed by atoms with E-state index in [1.807, 2.05) is 24.3 Å². The van der Waals surface area contributed by atoms with Crippen molar-refractivity contribution in [2.75, 3.05) is 0 Å². The molecule has 0 saturated carbocycles. The first-order valence-electron chi connectivity index (χ1n) is 6.85. The normalized spacial score (nSPS) is 10.3. The van der Waals surface area contributed by atoms with E-state index in [-0.39, 0.29) is 5.91 Å². The van der Waals surface area contributed by atoms with Gasteiger partial charge in [0.05, 0.1) is 0 Å². The van der Waals surface area contributed by atoms with Crippen LogP contribution in [0.1, 0.15) is 20.7 Å². The molecule has 0 radical (unpaired) electrons. The van der Waals surface area contributed by atoms with E-state index in [2.05, 4.69) is 31.8 Å². The number of benzene rings is 2. The molecule has 0 saturated heterocycles. The van der Waals surface area contributed by atoms with Gasteiger partial charge in [-0.3, -0.25) is 25.4 Å². The first-order chi connectivity index (χ1) is 11.2. The maximum absolute atomic E-state index is 12.4. The molecule has 5 nitrogen and oxygen atoms in total. The molecule has 0 aliphatic carbocycles. The van der Waals surface area contributed by atoms with Gasteiger partial charge in [-0.05, 0) is 35.0 Å². The van der Waals surface area contributed by atoms with Crippen LogP contribution in [0.15, 0.2) is 65.4 Å². The maximum atomic E-state index is 12.4. The Morgan fingerprint density at radius 2 is 1.48 bits per heavy atom. The zero-order valence-electron chi connectivity index (χ0n) is 11.9. The third-order valence-electron chi connectivity index (χ3n) is 3.35. The zero-order chi connectivity index (χ0) is 16.2. The number of hydrogen-bond acceptors (Lipinski definition) is 3. The third-order valence-corrected chi connectivity index (χ3v) is 4.04. The summed E-state index contributed by atoms with van der Waals surface area (Å²) in [5.41, 5.74) is 5.74. The van der Waals surface area contributed by atoms with Crippen LogP contribution >= 0.6 is 15.9 Å². The Hall–Kier alpha value is -2.73. The molecule has 0 spiro atoms. The molecule has 23 heavy (non-hydrogen) atoms. The number of rotatable bonds is 2. The fourth-order valence-corrected chi connectivity index (χ4v) is 2.72. The molecule has 0 aliphatic heterocycles. The number of carbonyl (C=O) groups is 2. The molecule has 6 heteroatoms. The minimum Gasteiger partial charge on any atom is -0.267 e. The van der Waals surface area contributed by atoms with Gasteiger partial charge in [-0.1, -0.05) is 40.2 Å². The number of carbonyl (C=O) groups excluding carboxylic acids is 2. The standard InChI is InChI=1S/C17H12BrN3O2/c18-15-6-2-3-12-13(15)4-1-5-14(12)17(23)21-20-16(22)11-7-9-19-10-8-11/h1-10H,(H,20,22)(H,21,23). The third kappa shape index (κ3) is 3.22. The molecular weight excluding hydrogens is 358 g/mol. The summed E-state index contributed by atoms with van der Waals surface area (Å²) in [5, 5.41) is 1.73. The predicted octanol–water partition coefficient (Wildman–Crippen LogP) is 3.07. The topological polar surface area (TPSA) is 71.1 Å². The van der Waals surface area contributed by atoms with Crippen LogP contribution in [0.2, 0.25) is 0 Å². The number of nitrogens with zero attached hydrogens (tertiary/aromatic N) is 1. The molecular formula is C17H12BrN3O2. The number of nitrogens with one attached hydrogen (secondary N) is 2. The lowest BCUT2D eigenvalue weighted by Gasteiger charge is -2.10. The fraction of sp³-hybridized carbons (Fsp3) is 0. The van der Waals surface area contributed by atoms with Crippen molar-refractivity contribution in [3.05, 3.63) is 76.5 Å². The van der Waals surface area contributed by atoms with Crippen LogP contribution in [0.3, 0.4) is 0 Å². The highest BCUT2D eigenvalue weighted by molar-refractivity contribution is 9.10. The number of fused-ring (bicyclic) bond motifs is 1. The van der Waals surface area contributed by atoms with Crippen LogP contribution in [0.5, 0.6) is 0 Å². The number of hydrogen-bond donors (Lipinski definition) is 2. The van der Waals surface area contributed by atoms with Gasteiger partial charge in [0.1, 0.15) is 0 Å². The lowest BCUT2D eigenvalue weighted by Crippen LogP contribution is -2.41. The summed E-state index contributed by atoms with van der Waals surface area (Å²) < 4.78 is 0.908. The lowest BCUT2D eigenvalue weighted by molar-refractivity contribution is 0.0847. The first kappa shape index (κ1) is 15.2. The largest absolute Gasteiger partial charge is 0.270 e. The van der Waals surface area contributed by atoms with E-state index in [0.717, 1.165) is 15.2 Å². The van der Waals surface area contributed by atoms with E-state index in [1.165, 1.54) is 12.4 Å². The second-order valence-electron chi connectivity index (χ2n) is 4.78. The van der Waals surface area contributed by atoms with Gasteiger partial charge in [-0.2, -0.15) is 0 Å². The van der Waals surface area contributed by atoms with Gasteiger partial charge in [-0.15, -0.1) is 0 Å². The zero-order valence-corrected chi connectivity index (χ0v) is 13.5. The molecule has 2 amide bonds. The van der Waals surface area contributed by atoms with Crippen molar-refractivity contribution in [2.45, 2.75) is 0 Å². The maximum Gasteiger partial charge on any atom is 0.270 e. The van der Waals surface area contributed by atoms with E-state index in [0.29, 0.717) is 11.1 Å². The van der Waals surface area contributed by atoms with Crippen LogP contribution in [-0.2, 0) is 0 Å². The van der Waals surface area contributed by atoms with E-state index in [1.54, 1.807) is 24.3 Å². The molecule has 114 valence electrons. The second-order valence-corrected chi connectivity index (χ2v) is 5.64. The number of amides is 2. The van der Waals surface area contributed by atoms with Crippen molar-refractivity contribution < 1.29 is 9.59 Å². The van der Waals surface area contributed by atoms with Crippen molar-refractivity contribution in [2.24, 2.45) is 0 Å². The minimum absolute atomic E-state index is 0.379. The highest BCUT2D eigenvalue weighted by atomic mass is 79.9. The van der Waals surface area contributed by atoms with Crippen LogP contribution in [-0.4, -0.2) is 16.8 Å². The van der Waals surface area contributed by atoms with Gasteiger partial charge in [0.2, 0.25) is 0 Å². The predicted molar refractivity (Wildman–Crippen MR) is 90.8 cm³/mol. The molecule has 2 aromatic carbocycles. The van der Waals surface area contributed by atoms with E-state index in [9.17, 15) is 9.59 Å². The Labute approximate surface area is 140 Å². The van der Waals surface area contributed by atoms with E-state index < -0.39 is 5.91 Å². The summed E-state index contributed by atoms with van der Waals surface area (Å²) in [7, 11) is 0. The Bertz CT molecular complexity index is 881. The molecule has 0 unspecified atom stereocenters. The van der Waals surface area contributed by atoms with Crippen molar-refractivity contribution in [3.8, 4) is 0 Å². The van der Waals surface area contributed by atoms with E-state index >= 15 is 0 Å². The molecule has 3 rings (SSSR count). The smallest absolute Gasteiger partial charge is 0.267 e. The molecule has 1 heterocycles. The number of halogens is 1. The van der Waals surface area contributed by atoms with Crippen LogP contribution in [0.4, 0.5) is 0 Å². The highest BCUT2D eigenvalue weighted by Gasteiger charge is 2.12. The van der Waals surface area contributed by atoms with Gasteiger partial charge < -0.3 is 0 Å². The lowest BCUT2D eigenvalue weighted by atomic mass is 10.0. The van der Waals surface area contributed by atoms with Gasteiger partial charge >= 0.3 is 0 Å². The first-order valence-corrected chi connectivity index (χ1v) is 7.64. The second kappa shape index (κ2) is 6.58. The molecule has 0 fully saturated rings. The van der Waals surface area contributed by atoms with Crippen molar-refractivity contribution in [3.63, 3.8) is 0 Å². The molecule has 0 bridgehead atoms. The molecule has 0 aliphatic rings. The highest BCUT2D eigenvalue weighted by Crippen LogP contribution is 2.26. The van der Waals surface area contributed by atoms with Crippen molar-refractivity contribution in [1.82, 2.24) is 15.8 Å².